The Morgan fingerprint density at radius 3 is 2.54 bits per heavy atom. The molecule has 1 saturated carbocycles. The predicted octanol–water partition coefficient (Wildman–Crippen LogP) is 4.84. The largest absolute Gasteiger partial charge is 0.419 e. The van der Waals surface area contributed by atoms with Gasteiger partial charge < -0.3 is 10.6 Å². The fourth-order valence-electron chi connectivity index (χ4n) is 4.28. The first-order valence-corrected chi connectivity index (χ1v) is 13.2. The summed E-state index contributed by atoms with van der Waals surface area (Å²) in [7, 11) is -2.04. The molecule has 2 atom stereocenters. The zero-order chi connectivity index (χ0) is 26.0. The SMILES string of the molecule is CC(=O)Nc1ccc(Nc2ncc(C(F)(F)F)c(C[C@@H]3CCCC[C@H]3N(C)S(C)(=O)=O)n2)cc1Cl. The average Bonchev–Trinajstić information content (AvgIpc) is 2.74. The molecular formula is C22H27ClF3N5O3S. The molecule has 0 spiro atoms. The van der Waals surface area contributed by atoms with Gasteiger partial charge in [0.05, 0.1) is 28.2 Å². The minimum Gasteiger partial charge on any atom is -0.325 e. The number of carbonyl (C=O) groups excluding carboxylic acids is 1. The van der Waals surface area contributed by atoms with Crippen LogP contribution in [0.25, 0.3) is 0 Å². The molecule has 1 aromatic heterocycles. The summed E-state index contributed by atoms with van der Waals surface area (Å²) in [5.74, 6) is -0.676. The van der Waals surface area contributed by atoms with E-state index in [1.165, 1.54) is 24.3 Å². The highest BCUT2D eigenvalue weighted by molar-refractivity contribution is 7.88. The van der Waals surface area contributed by atoms with Crippen molar-refractivity contribution in [2.45, 2.75) is 51.2 Å². The Labute approximate surface area is 207 Å². The molecule has 1 aliphatic carbocycles. The number of aromatic nitrogens is 2. The second-order valence-corrected chi connectivity index (χ2v) is 11.1. The maximum Gasteiger partial charge on any atom is 0.419 e. The molecule has 1 amide bonds. The molecule has 1 aliphatic rings. The zero-order valence-corrected chi connectivity index (χ0v) is 21.1. The molecule has 13 heteroatoms. The molecule has 0 bridgehead atoms. The summed E-state index contributed by atoms with van der Waals surface area (Å²) >= 11 is 6.17. The Bertz CT molecular complexity index is 1190. The number of hydrogen-bond acceptors (Lipinski definition) is 6. The lowest BCUT2D eigenvalue weighted by Crippen LogP contribution is -2.44. The van der Waals surface area contributed by atoms with Crippen LogP contribution in [0.2, 0.25) is 5.02 Å². The van der Waals surface area contributed by atoms with Crippen LogP contribution in [0.4, 0.5) is 30.5 Å². The normalized spacial score (nSPS) is 19.0. The number of halogens is 4. The van der Waals surface area contributed by atoms with Crippen molar-refractivity contribution < 1.29 is 26.4 Å². The van der Waals surface area contributed by atoms with Gasteiger partial charge in [0, 0.05) is 31.9 Å². The van der Waals surface area contributed by atoms with E-state index >= 15 is 0 Å². The van der Waals surface area contributed by atoms with Gasteiger partial charge in [-0.1, -0.05) is 24.4 Å². The minimum absolute atomic E-state index is 0.0429. The van der Waals surface area contributed by atoms with Crippen LogP contribution in [-0.4, -0.2) is 47.9 Å². The fourth-order valence-corrected chi connectivity index (χ4v) is 5.28. The van der Waals surface area contributed by atoms with Crippen molar-refractivity contribution >= 4 is 44.9 Å². The second kappa shape index (κ2) is 10.7. The molecular weight excluding hydrogens is 507 g/mol. The first-order valence-electron chi connectivity index (χ1n) is 11.0. The Morgan fingerprint density at radius 2 is 1.94 bits per heavy atom. The van der Waals surface area contributed by atoms with Gasteiger partial charge in [0.15, 0.2) is 0 Å². The molecule has 0 saturated heterocycles. The molecule has 0 aliphatic heterocycles. The number of nitrogens with zero attached hydrogens (tertiary/aromatic N) is 3. The topological polar surface area (TPSA) is 104 Å². The number of sulfonamides is 1. The number of rotatable bonds is 7. The quantitative estimate of drug-likeness (QED) is 0.527. The third-order valence-corrected chi connectivity index (χ3v) is 7.65. The first-order chi connectivity index (χ1) is 16.3. The van der Waals surface area contributed by atoms with Crippen LogP contribution in [0.1, 0.15) is 43.9 Å². The molecule has 1 heterocycles. The molecule has 35 heavy (non-hydrogen) atoms. The fraction of sp³-hybridized carbons (Fsp3) is 0.500. The lowest BCUT2D eigenvalue weighted by atomic mass is 9.81. The lowest BCUT2D eigenvalue weighted by molar-refractivity contribution is -0.138. The van der Waals surface area contributed by atoms with E-state index in [4.69, 9.17) is 11.6 Å². The summed E-state index contributed by atoms with van der Waals surface area (Å²) < 4.78 is 66.7. The average molecular weight is 534 g/mol. The summed E-state index contributed by atoms with van der Waals surface area (Å²) in [4.78, 5) is 19.2. The molecule has 3 rings (SSSR count). The van der Waals surface area contributed by atoms with Crippen LogP contribution >= 0.6 is 11.6 Å². The molecule has 8 nitrogen and oxygen atoms in total. The third-order valence-electron chi connectivity index (χ3n) is 6.02. The van der Waals surface area contributed by atoms with E-state index in [9.17, 15) is 26.4 Å². The van der Waals surface area contributed by atoms with Crippen LogP contribution in [0.3, 0.4) is 0 Å². The Morgan fingerprint density at radius 1 is 1.26 bits per heavy atom. The molecule has 0 radical (unpaired) electrons. The highest BCUT2D eigenvalue weighted by atomic mass is 35.5. The smallest absolute Gasteiger partial charge is 0.325 e. The van der Waals surface area contributed by atoms with Gasteiger partial charge in [-0.25, -0.2) is 22.7 Å². The molecule has 1 fully saturated rings. The van der Waals surface area contributed by atoms with Crippen LogP contribution in [0, 0.1) is 5.92 Å². The van der Waals surface area contributed by atoms with E-state index in [0.29, 0.717) is 24.2 Å². The maximum atomic E-state index is 13.7. The summed E-state index contributed by atoms with van der Waals surface area (Å²) in [6.45, 7) is 1.34. The van der Waals surface area contributed by atoms with Crippen molar-refractivity contribution in [1.29, 1.82) is 0 Å². The van der Waals surface area contributed by atoms with Crippen molar-refractivity contribution in [2.24, 2.45) is 5.92 Å². The molecule has 2 aromatic rings. The minimum atomic E-state index is -4.66. The highest BCUT2D eigenvalue weighted by Crippen LogP contribution is 2.37. The van der Waals surface area contributed by atoms with Crippen LogP contribution in [-0.2, 0) is 27.4 Å². The van der Waals surface area contributed by atoms with Crippen molar-refractivity contribution in [3.8, 4) is 0 Å². The van der Waals surface area contributed by atoms with E-state index in [2.05, 4.69) is 20.6 Å². The van der Waals surface area contributed by atoms with Gasteiger partial charge in [-0.3, -0.25) is 4.79 Å². The van der Waals surface area contributed by atoms with Crippen molar-refractivity contribution in [3.63, 3.8) is 0 Å². The predicted molar refractivity (Wildman–Crippen MR) is 128 cm³/mol. The van der Waals surface area contributed by atoms with Gasteiger partial charge in [0.2, 0.25) is 21.9 Å². The van der Waals surface area contributed by atoms with Crippen molar-refractivity contribution in [2.75, 3.05) is 23.9 Å². The number of nitrogens with one attached hydrogen (secondary N) is 2. The molecule has 0 unspecified atom stereocenters. The van der Waals surface area contributed by atoms with E-state index in [0.717, 1.165) is 25.3 Å². The van der Waals surface area contributed by atoms with Gasteiger partial charge in [0.25, 0.3) is 0 Å². The second-order valence-electron chi connectivity index (χ2n) is 8.65. The maximum absolute atomic E-state index is 13.7. The van der Waals surface area contributed by atoms with Gasteiger partial charge in [-0.15, -0.1) is 0 Å². The summed E-state index contributed by atoms with van der Waals surface area (Å²) in [5, 5.41) is 5.64. The van der Waals surface area contributed by atoms with Crippen LogP contribution < -0.4 is 10.6 Å². The first kappa shape index (κ1) is 27.2. The van der Waals surface area contributed by atoms with E-state index in [1.807, 2.05) is 0 Å². The van der Waals surface area contributed by atoms with Crippen LogP contribution in [0.5, 0.6) is 0 Å². The number of hydrogen-bond donors (Lipinski definition) is 2. The third kappa shape index (κ3) is 7.05. The lowest BCUT2D eigenvalue weighted by Gasteiger charge is -2.37. The number of anilines is 3. The van der Waals surface area contributed by atoms with Crippen molar-refractivity contribution in [1.82, 2.24) is 14.3 Å². The Hall–Kier alpha value is -2.44. The summed E-state index contributed by atoms with van der Waals surface area (Å²) in [5.41, 5.74) is -0.345. The molecule has 192 valence electrons. The molecule has 1 aromatic carbocycles. The number of amides is 1. The van der Waals surface area contributed by atoms with Crippen molar-refractivity contribution in [3.05, 3.63) is 40.7 Å². The molecule has 2 N–H and O–H groups in total. The van der Waals surface area contributed by atoms with E-state index in [-0.39, 0.29) is 34.9 Å². The summed E-state index contributed by atoms with van der Waals surface area (Å²) in [6.07, 6.45) is -0.109. The zero-order valence-electron chi connectivity index (χ0n) is 19.5. The number of carbonyl (C=O) groups is 1. The van der Waals surface area contributed by atoms with Gasteiger partial charge >= 0.3 is 6.18 Å². The van der Waals surface area contributed by atoms with E-state index in [1.54, 1.807) is 12.1 Å². The monoisotopic (exact) mass is 533 g/mol. The van der Waals surface area contributed by atoms with Gasteiger partial charge in [-0.05, 0) is 43.4 Å². The highest BCUT2D eigenvalue weighted by Gasteiger charge is 2.38. The number of alkyl halides is 3. The summed E-state index contributed by atoms with van der Waals surface area (Å²) in [6, 6.07) is 4.21. The van der Waals surface area contributed by atoms with E-state index < -0.39 is 27.8 Å². The van der Waals surface area contributed by atoms with Crippen LogP contribution in [0.15, 0.2) is 24.4 Å². The Balaban J connectivity index is 1.90. The Kier molecular flexibility index (Phi) is 8.28. The number of benzene rings is 1. The van der Waals surface area contributed by atoms with Gasteiger partial charge in [0.1, 0.15) is 0 Å². The van der Waals surface area contributed by atoms with Gasteiger partial charge in [-0.2, -0.15) is 13.2 Å². The standard InChI is InChI=1S/C22H27ClF3N5O3S/c1-13(32)28-18-9-8-15(11-17(18)23)29-21-27-12-16(22(24,25)26)19(30-21)10-14-6-4-5-7-20(14)31(2)35(3,33)34/h8-9,11-12,14,20H,4-7,10H2,1-3H3,(H,28,32)(H,27,29,30)/t14-,20+/m0/s1.